The van der Waals surface area contributed by atoms with E-state index in [4.69, 9.17) is 16.3 Å². The minimum atomic E-state index is -0.293. The predicted molar refractivity (Wildman–Crippen MR) is 144 cm³/mol. The van der Waals surface area contributed by atoms with Gasteiger partial charge >= 0.3 is 5.69 Å². The first-order valence-electron chi connectivity index (χ1n) is 12.8. The van der Waals surface area contributed by atoms with Crippen LogP contribution in [-0.2, 0) is 17.7 Å². The molecule has 8 nitrogen and oxygen atoms in total. The Balaban J connectivity index is 1.40. The zero-order chi connectivity index (χ0) is 25.7. The van der Waals surface area contributed by atoms with Crippen LogP contribution in [0.4, 0.5) is 0 Å². The fourth-order valence-corrected chi connectivity index (χ4v) is 5.66. The third-order valence-electron chi connectivity index (χ3n) is 7.34. The molecule has 1 unspecified atom stereocenters. The normalized spacial score (nSPS) is 20.0. The maximum Gasteiger partial charge on any atom is 0.331 e. The van der Waals surface area contributed by atoms with Gasteiger partial charge in [-0.25, -0.2) is 9.78 Å². The Hall–Kier alpha value is -3.20. The average Bonchev–Trinajstić information content (AvgIpc) is 3.61. The van der Waals surface area contributed by atoms with Crippen molar-refractivity contribution in [3.05, 3.63) is 91.7 Å². The number of morpholine rings is 1. The molecule has 0 bridgehead atoms. The number of benzene rings is 1. The van der Waals surface area contributed by atoms with E-state index in [9.17, 15) is 9.59 Å². The molecule has 9 heteroatoms. The van der Waals surface area contributed by atoms with Crippen LogP contribution < -0.4 is 16.6 Å². The monoisotopic (exact) mass is 519 g/mol. The third kappa shape index (κ3) is 4.77. The minimum Gasteiger partial charge on any atom is -0.372 e. The van der Waals surface area contributed by atoms with Crippen molar-refractivity contribution in [1.82, 2.24) is 23.8 Å². The maximum absolute atomic E-state index is 13.0. The highest BCUT2D eigenvalue weighted by molar-refractivity contribution is 6.31. The summed E-state index contributed by atoms with van der Waals surface area (Å²) in [4.78, 5) is 30.1. The minimum absolute atomic E-state index is 0.0657. The summed E-state index contributed by atoms with van der Waals surface area (Å²) in [6.07, 6.45) is 10.1. The number of rotatable bonds is 6. The fourth-order valence-electron chi connectivity index (χ4n) is 5.38. The van der Waals surface area contributed by atoms with Gasteiger partial charge in [0.15, 0.2) is 0 Å². The van der Waals surface area contributed by atoms with Gasteiger partial charge in [0.05, 0.1) is 30.6 Å². The highest BCUT2D eigenvalue weighted by Gasteiger charge is 2.26. The molecule has 1 aliphatic heterocycles. The van der Waals surface area contributed by atoms with Crippen molar-refractivity contribution in [3.8, 4) is 11.1 Å². The molecule has 1 aliphatic carbocycles. The molecule has 37 heavy (non-hydrogen) atoms. The predicted octanol–water partition coefficient (Wildman–Crippen LogP) is 3.59. The van der Waals surface area contributed by atoms with Gasteiger partial charge in [0.25, 0.3) is 5.56 Å². The van der Waals surface area contributed by atoms with Gasteiger partial charge in [-0.3, -0.25) is 13.9 Å². The summed E-state index contributed by atoms with van der Waals surface area (Å²) in [6, 6.07) is 7.69. The van der Waals surface area contributed by atoms with Gasteiger partial charge in [-0.05, 0) is 67.1 Å². The van der Waals surface area contributed by atoms with Crippen molar-refractivity contribution in [3.63, 3.8) is 0 Å². The molecule has 0 spiro atoms. The Morgan fingerprint density at radius 3 is 2.78 bits per heavy atom. The Morgan fingerprint density at radius 1 is 1.16 bits per heavy atom. The van der Waals surface area contributed by atoms with Gasteiger partial charge in [0.1, 0.15) is 0 Å². The first-order chi connectivity index (χ1) is 17.9. The molecule has 2 fully saturated rings. The molecule has 1 N–H and O–H groups in total. The van der Waals surface area contributed by atoms with E-state index in [2.05, 4.69) is 24.1 Å². The molecule has 6 rings (SSSR count). The summed E-state index contributed by atoms with van der Waals surface area (Å²) in [6.45, 7) is 6.02. The first kappa shape index (κ1) is 24.2. The SMILES string of the molecule is Cc1cc(Cl)cc(-c2cncn3cc(Cn4c(=O)ccn(C5CC5)c4=O)cc23)c1CC1CNC[C@H](C)O1. The van der Waals surface area contributed by atoms with Crippen molar-refractivity contribution in [2.45, 2.75) is 57.9 Å². The van der Waals surface area contributed by atoms with Crippen LogP contribution in [0.5, 0.6) is 0 Å². The Morgan fingerprint density at radius 2 is 2.00 bits per heavy atom. The van der Waals surface area contributed by atoms with Crippen LogP contribution in [0.1, 0.15) is 42.5 Å². The molecule has 1 aromatic carbocycles. The number of ether oxygens (including phenoxy) is 1. The molecular formula is C28H30ClN5O3. The number of aromatic nitrogens is 4. The highest BCUT2D eigenvalue weighted by Crippen LogP contribution is 2.35. The fraction of sp³-hybridized carbons (Fsp3) is 0.393. The van der Waals surface area contributed by atoms with E-state index >= 15 is 0 Å². The molecule has 2 atom stereocenters. The molecule has 4 aromatic rings. The van der Waals surface area contributed by atoms with E-state index in [1.54, 1.807) is 17.1 Å². The van der Waals surface area contributed by atoms with Crippen LogP contribution in [0.25, 0.3) is 16.6 Å². The van der Waals surface area contributed by atoms with Gasteiger partial charge in [-0.15, -0.1) is 0 Å². The lowest BCUT2D eigenvalue weighted by Crippen LogP contribution is -2.44. The maximum atomic E-state index is 13.0. The molecule has 1 saturated carbocycles. The second-order valence-electron chi connectivity index (χ2n) is 10.3. The molecule has 2 aliphatic rings. The van der Waals surface area contributed by atoms with Gasteiger partial charge in [-0.2, -0.15) is 0 Å². The summed E-state index contributed by atoms with van der Waals surface area (Å²) >= 11 is 6.54. The number of fused-ring (bicyclic) bond motifs is 1. The Bertz CT molecular complexity index is 1600. The number of aryl methyl sites for hydroxylation is 1. The molecule has 0 amide bonds. The third-order valence-corrected chi connectivity index (χ3v) is 7.56. The first-order valence-corrected chi connectivity index (χ1v) is 13.2. The van der Waals surface area contributed by atoms with E-state index in [-0.39, 0.29) is 36.0 Å². The zero-order valence-corrected chi connectivity index (χ0v) is 21.7. The molecule has 4 heterocycles. The Kier molecular flexibility index (Phi) is 6.26. The van der Waals surface area contributed by atoms with Crippen molar-refractivity contribution in [1.29, 1.82) is 0 Å². The Labute approximate surface area is 219 Å². The summed E-state index contributed by atoms with van der Waals surface area (Å²) < 4.78 is 11.1. The average molecular weight is 520 g/mol. The zero-order valence-electron chi connectivity index (χ0n) is 21.0. The lowest BCUT2D eigenvalue weighted by molar-refractivity contribution is -0.0262. The number of nitrogens with zero attached hydrogens (tertiary/aromatic N) is 4. The molecule has 3 aromatic heterocycles. The lowest BCUT2D eigenvalue weighted by Gasteiger charge is -2.30. The summed E-state index contributed by atoms with van der Waals surface area (Å²) in [5.74, 6) is 0. The number of hydrogen-bond donors (Lipinski definition) is 1. The molecule has 192 valence electrons. The van der Waals surface area contributed by atoms with Crippen molar-refractivity contribution >= 4 is 17.1 Å². The topological polar surface area (TPSA) is 82.6 Å². The second kappa shape index (κ2) is 9.59. The van der Waals surface area contributed by atoms with Crippen LogP contribution in [0.2, 0.25) is 5.02 Å². The van der Waals surface area contributed by atoms with Crippen LogP contribution >= 0.6 is 11.6 Å². The van der Waals surface area contributed by atoms with E-state index in [0.717, 1.165) is 60.1 Å². The van der Waals surface area contributed by atoms with Crippen molar-refractivity contribution in [2.75, 3.05) is 13.1 Å². The van der Waals surface area contributed by atoms with E-state index < -0.39 is 0 Å². The van der Waals surface area contributed by atoms with Gasteiger partial charge in [0, 0.05) is 60.8 Å². The van der Waals surface area contributed by atoms with Crippen LogP contribution in [0.3, 0.4) is 0 Å². The lowest BCUT2D eigenvalue weighted by atomic mass is 9.92. The van der Waals surface area contributed by atoms with Gasteiger partial charge < -0.3 is 14.5 Å². The smallest absolute Gasteiger partial charge is 0.331 e. The number of hydrogen-bond acceptors (Lipinski definition) is 5. The van der Waals surface area contributed by atoms with Crippen LogP contribution in [0.15, 0.2) is 58.8 Å². The molecular weight excluding hydrogens is 490 g/mol. The molecule has 0 radical (unpaired) electrons. The van der Waals surface area contributed by atoms with Crippen molar-refractivity contribution in [2.24, 2.45) is 0 Å². The van der Waals surface area contributed by atoms with Gasteiger partial charge in [0.2, 0.25) is 0 Å². The highest BCUT2D eigenvalue weighted by atomic mass is 35.5. The quantitative estimate of drug-likeness (QED) is 0.421. The van der Waals surface area contributed by atoms with Crippen molar-refractivity contribution < 1.29 is 4.74 Å². The summed E-state index contributed by atoms with van der Waals surface area (Å²) in [5, 5.41) is 4.12. The van der Waals surface area contributed by atoms with E-state index in [1.165, 1.54) is 16.2 Å². The molecule has 1 saturated heterocycles. The van der Waals surface area contributed by atoms with E-state index in [0.29, 0.717) is 5.02 Å². The van der Waals surface area contributed by atoms with Gasteiger partial charge in [-0.1, -0.05) is 11.6 Å². The second-order valence-corrected chi connectivity index (χ2v) is 10.7. The standard InChI is InChI=1S/C28H30ClN5O3/c1-17-7-20(29)9-24(23(17)10-22-12-30-11-18(2)37-22)25-13-31-16-32-14-19(8-26(25)32)15-34-27(35)5-6-33(28(34)36)21-3-4-21/h5-9,13-14,16,18,21-22,30H,3-4,10-12,15H2,1-2H3/t18-,22?/m0/s1. The number of halogens is 1. The van der Waals surface area contributed by atoms with Crippen LogP contribution in [-0.4, -0.2) is 43.8 Å². The number of nitrogens with one attached hydrogen (secondary N) is 1. The van der Waals surface area contributed by atoms with Crippen LogP contribution in [0, 0.1) is 6.92 Å². The largest absolute Gasteiger partial charge is 0.372 e. The summed E-state index contributed by atoms with van der Waals surface area (Å²) in [7, 11) is 0. The summed E-state index contributed by atoms with van der Waals surface area (Å²) in [5.41, 5.74) is 5.49. The van der Waals surface area contributed by atoms with E-state index in [1.807, 2.05) is 35.0 Å².